The molecule has 1 heterocycles. The van der Waals surface area contributed by atoms with Gasteiger partial charge in [0.25, 0.3) is 8.32 Å². The number of Topliss-reactive ketones (excluding diaryl/α,β-unsaturated/α-hetero) is 1. The number of ketones is 1. The molecule has 1 fully saturated rings. The van der Waals surface area contributed by atoms with E-state index in [9.17, 15) is 9.90 Å². The van der Waals surface area contributed by atoms with E-state index in [0.29, 0.717) is 19.4 Å². The topological polar surface area (TPSA) is 65.0 Å². The molecule has 0 aliphatic carbocycles. The number of benzene rings is 3. The summed E-state index contributed by atoms with van der Waals surface area (Å²) in [5.74, 6) is -1.30. The van der Waals surface area contributed by atoms with Crippen LogP contribution >= 0.6 is 0 Å². The SMILES string of the molecule is CC(CCC[C@H](C)[C@@H](O)C(Cc1ccccc1)C(=O)C(C)(C)C1CCOC(C)(C)O1)O[Si](c1ccccc1)(c1ccccc1)C(C)(C)C. The highest BCUT2D eigenvalue weighted by Gasteiger charge is 2.51. The number of carbonyl (C=O) groups excluding carboxylic acids is 1. The standard InChI is InChI=1S/C42H60O5Si/c1-31(20-19-21-32(2)47-48(40(3,4)5,34-24-15-11-16-25-34)35-26-17-12-18-27-35)38(43)36(30-33-22-13-10-14-23-33)39(44)41(6,7)37-28-29-45-42(8,9)46-37/h10-18,22-27,31-32,36-38,43H,19-21,28-30H2,1-9H3/t31-,32?,36?,37?,38+/m0/s1. The van der Waals surface area contributed by atoms with Crippen LogP contribution in [-0.4, -0.2) is 49.9 Å². The van der Waals surface area contributed by atoms with Crippen molar-refractivity contribution in [2.75, 3.05) is 6.61 Å². The number of aliphatic hydroxyl groups excluding tert-OH is 1. The van der Waals surface area contributed by atoms with Gasteiger partial charge < -0.3 is 19.0 Å². The first-order valence-corrected chi connectivity index (χ1v) is 19.9. The predicted octanol–water partition coefficient (Wildman–Crippen LogP) is 8.11. The predicted molar refractivity (Wildman–Crippen MR) is 199 cm³/mol. The minimum Gasteiger partial charge on any atom is -0.405 e. The summed E-state index contributed by atoms with van der Waals surface area (Å²) < 4.78 is 19.4. The molecule has 48 heavy (non-hydrogen) atoms. The fourth-order valence-electron chi connectivity index (χ4n) is 7.58. The maximum Gasteiger partial charge on any atom is 0.261 e. The van der Waals surface area contributed by atoms with Gasteiger partial charge in [0.2, 0.25) is 0 Å². The number of carbonyl (C=O) groups is 1. The number of hydrogen-bond acceptors (Lipinski definition) is 5. The summed E-state index contributed by atoms with van der Waals surface area (Å²) in [6, 6.07) is 31.6. The first-order chi connectivity index (χ1) is 22.6. The Kier molecular flexibility index (Phi) is 12.7. The normalized spacial score (nSPS) is 19.7. The monoisotopic (exact) mass is 672 g/mol. The molecule has 0 radical (unpaired) electrons. The van der Waals surface area contributed by atoms with Gasteiger partial charge in [0.05, 0.1) is 24.2 Å². The summed E-state index contributed by atoms with van der Waals surface area (Å²) in [5.41, 5.74) is 0.276. The average molecular weight is 673 g/mol. The molecule has 4 rings (SSSR count). The highest BCUT2D eigenvalue weighted by Crippen LogP contribution is 2.40. The van der Waals surface area contributed by atoms with E-state index in [1.807, 2.05) is 58.0 Å². The van der Waals surface area contributed by atoms with Gasteiger partial charge in [-0.1, -0.05) is 139 Å². The highest BCUT2D eigenvalue weighted by molar-refractivity contribution is 6.99. The Balaban J connectivity index is 1.49. The van der Waals surface area contributed by atoms with E-state index in [4.69, 9.17) is 13.9 Å². The van der Waals surface area contributed by atoms with Crippen molar-refractivity contribution in [3.05, 3.63) is 96.6 Å². The summed E-state index contributed by atoms with van der Waals surface area (Å²) in [4.78, 5) is 14.4. The van der Waals surface area contributed by atoms with Gasteiger partial charge >= 0.3 is 0 Å². The molecule has 5 nitrogen and oxygen atoms in total. The van der Waals surface area contributed by atoms with Crippen molar-refractivity contribution in [3.63, 3.8) is 0 Å². The van der Waals surface area contributed by atoms with Crippen molar-refractivity contribution in [3.8, 4) is 0 Å². The third-order valence-corrected chi connectivity index (χ3v) is 15.6. The lowest BCUT2D eigenvalue weighted by Crippen LogP contribution is -2.67. The van der Waals surface area contributed by atoms with Gasteiger partial charge in [-0.3, -0.25) is 4.79 Å². The van der Waals surface area contributed by atoms with Crippen LogP contribution in [0.1, 0.15) is 93.6 Å². The van der Waals surface area contributed by atoms with Crippen LogP contribution in [0.3, 0.4) is 0 Å². The Labute approximate surface area is 291 Å². The molecule has 0 spiro atoms. The number of ether oxygens (including phenoxy) is 2. The zero-order valence-electron chi connectivity index (χ0n) is 30.9. The van der Waals surface area contributed by atoms with Gasteiger partial charge in [0.15, 0.2) is 5.79 Å². The van der Waals surface area contributed by atoms with E-state index in [0.717, 1.165) is 24.8 Å². The van der Waals surface area contributed by atoms with E-state index >= 15 is 0 Å². The minimum atomic E-state index is -2.65. The van der Waals surface area contributed by atoms with Crippen molar-refractivity contribution in [2.45, 2.75) is 124 Å². The molecule has 3 aromatic carbocycles. The van der Waals surface area contributed by atoms with Gasteiger partial charge in [-0.15, -0.1) is 0 Å². The second kappa shape index (κ2) is 15.9. The Morgan fingerprint density at radius 3 is 1.90 bits per heavy atom. The summed E-state index contributed by atoms with van der Waals surface area (Å²) in [5, 5.41) is 14.4. The fraction of sp³-hybridized carbons (Fsp3) is 0.548. The minimum absolute atomic E-state index is 0.0235. The molecule has 1 N–H and O–H groups in total. The summed E-state index contributed by atoms with van der Waals surface area (Å²) >= 11 is 0. The first kappa shape index (κ1) is 38.2. The Bertz CT molecular complexity index is 1380. The average Bonchev–Trinajstić information content (AvgIpc) is 3.05. The lowest BCUT2D eigenvalue weighted by Gasteiger charge is -2.45. The van der Waals surface area contributed by atoms with Gasteiger partial charge in [-0.25, -0.2) is 0 Å². The quantitative estimate of drug-likeness (QED) is 0.165. The van der Waals surface area contributed by atoms with Crippen LogP contribution in [0.4, 0.5) is 0 Å². The molecule has 0 bridgehead atoms. The smallest absolute Gasteiger partial charge is 0.261 e. The molecular weight excluding hydrogens is 613 g/mol. The highest BCUT2D eigenvalue weighted by atomic mass is 28.4. The number of rotatable bonds is 15. The molecule has 0 amide bonds. The molecule has 0 aromatic heterocycles. The molecule has 6 heteroatoms. The molecule has 5 atom stereocenters. The maximum absolute atomic E-state index is 14.4. The second-order valence-corrected chi connectivity index (χ2v) is 20.3. The van der Waals surface area contributed by atoms with Crippen molar-refractivity contribution in [2.24, 2.45) is 17.3 Å². The molecule has 1 aliphatic rings. The third-order valence-electron chi connectivity index (χ3n) is 10.4. The third kappa shape index (κ3) is 8.94. The zero-order valence-corrected chi connectivity index (χ0v) is 31.9. The lowest BCUT2D eigenvalue weighted by atomic mass is 9.70. The summed E-state index contributed by atoms with van der Waals surface area (Å²) in [6.45, 7) is 19.5. The molecule has 3 unspecified atom stereocenters. The van der Waals surface area contributed by atoms with E-state index in [-0.39, 0.29) is 28.9 Å². The van der Waals surface area contributed by atoms with Crippen LogP contribution in [0, 0.1) is 17.3 Å². The van der Waals surface area contributed by atoms with Crippen molar-refractivity contribution in [1.29, 1.82) is 0 Å². The lowest BCUT2D eigenvalue weighted by molar-refractivity contribution is -0.289. The van der Waals surface area contributed by atoms with Crippen molar-refractivity contribution < 1.29 is 23.8 Å². The first-order valence-electron chi connectivity index (χ1n) is 18.0. The van der Waals surface area contributed by atoms with Crippen LogP contribution in [0.15, 0.2) is 91.0 Å². The number of hydrogen-bond donors (Lipinski definition) is 1. The van der Waals surface area contributed by atoms with E-state index in [1.54, 1.807) is 0 Å². The van der Waals surface area contributed by atoms with E-state index < -0.39 is 31.5 Å². The van der Waals surface area contributed by atoms with Crippen LogP contribution < -0.4 is 10.4 Å². The maximum atomic E-state index is 14.4. The Morgan fingerprint density at radius 2 is 1.40 bits per heavy atom. The zero-order chi connectivity index (χ0) is 35.2. The Morgan fingerprint density at radius 1 is 0.875 bits per heavy atom. The van der Waals surface area contributed by atoms with Gasteiger partial charge in [-0.05, 0) is 73.3 Å². The van der Waals surface area contributed by atoms with Crippen LogP contribution in [0.5, 0.6) is 0 Å². The van der Waals surface area contributed by atoms with E-state index in [1.165, 1.54) is 10.4 Å². The molecule has 3 aromatic rings. The van der Waals surface area contributed by atoms with Gasteiger partial charge in [0, 0.05) is 12.0 Å². The second-order valence-electron chi connectivity index (χ2n) is 16.0. The van der Waals surface area contributed by atoms with Crippen LogP contribution in [-0.2, 0) is 25.1 Å². The Hall–Kier alpha value is -2.61. The van der Waals surface area contributed by atoms with Crippen LogP contribution in [0.2, 0.25) is 5.04 Å². The summed E-state index contributed by atoms with van der Waals surface area (Å²) in [6.07, 6.45) is 2.67. The van der Waals surface area contributed by atoms with E-state index in [2.05, 4.69) is 95.3 Å². The molecule has 1 aliphatic heterocycles. The van der Waals surface area contributed by atoms with Gasteiger partial charge in [-0.2, -0.15) is 0 Å². The summed E-state index contributed by atoms with van der Waals surface area (Å²) in [7, 11) is -2.65. The van der Waals surface area contributed by atoms with Gasteiger partial charge in [0.1, 0.15) is 5.78 Å². The largest absolute Gasteiger partial charge is 0.405 e. The molecule has 262 valence electrons. The number of aliphatic hydroxyl groups is 1. The molecule has 0 saturated carbocycles. The molecular formula is C42H60O5Si. The molecule has 1 saturated heterocycles. The van der Waals surface area contributed by atoms with Crippen molar-refractivity contribution >= 4 is 24.5 Å². The fourth-order valence-corrected chi connectivity index (χ4v) is 12.3. The van der Waals surface area contributed by atoms with Crippen LogP contribution in [0.25, 0.3) is 0 Å². The van der Waals surface area contributed by atoms with Crippen molar-refractivity contribution in [1.82, 2.24) is 0 Å².